The molecule has 0 radical (unpaired) electrons. The summed E-state index contributed by atoms with van der Waals surface area (Å²) in [7, 11) is 1.69. The van der Waals surface area contributed by atoms with Gasteiger partial charge < -0.3 is 9.84 Å². The second-order valence-corrected chi connectivity index (χ2v) is 5.03. The van der Waals surface area contributed by atoms with Crippen molar-refractivity contribution in [2.45, 2.75) is 32.0 Å². The zero-order valence-corrected chi connectivity index (χ0v) is 9.38. The Morgan fingerprint density at radius 2 is 2.29 bits per heavy atom. The van der Waals surface area contributed by atoms with Crippen LogP contribution in [0.25, 0.3) is 0 Å². The van der Waals surface area contributed by atoms with Gasteiger partial charge in [0, 0.05) is 12.0 Å². The van der Waals surface area contributed by atoms with E-state index in [1.165, 1.54) is 17.7 Å². The van der Waals surface area contributed by atoms with Crippen LogP contribution in [-0.4, -0.2) is 18.3 Å². The molecule has 0 aromatic carbocycles. The van der Waals surface area contributed by atoms with Gasteiger partial charge in [-0.3, -0.25) is 0 Å². The van der Waals surface area contributed by atoms with Crippen molar-refractivity contribution in [2.75, 3.05) is 7.11 Å². The Bertz CT molecular complexity index is 304. The van der Waals surface area contributed by atoms with Crippen molar-refractivity contribution in [3.05, 3.63) is 21.9 Å². The Hall–Kier alpha value is -0.380. The molecule has 0 amide bonds. The van der Waals surface area contributed by atoms with E-state index in [1.807, 2.05) is 18.4 Å². The lowest BCUT2D eigenvalue weighted by Crippen LogP contribution is -2.23. The number of hydrogen-bond donors (Lipinski definition) is 1. The highest BCUT2D eigenvalue weighted by Crippen LogP contribution is 2.40. The van der Waals surface area contributed by atoms with E-state index >= 15 is 0 Å². The van der Waals surface area contributed by atoms with Gasteiger partial charge in [0.15, 0.2) is 0 Å². The maximum atomic E-state index is 10.1. The standard InChI is InChI=1S/C11H16O2S/c1-7-9(5-6-14-7)10(12)11(13-2)8-3-4-8/h5-6,8,10-12H,3-4H2,1-2H3. The number of aliphatic hydroxyl groups is 1. The van der Waals surface area contributed by atoms with Crippen molar-refractivity contribution in [3.8, 4) is 0 Å². The molecule has 1 aromatic rings. The number of aliphatic hydroxyl groups excluding tert-OH is 1. The summed E-state index contributed by atoms with van der Waals surface area (Å²) in [6.45, 7) is 2.04. The van der Waals surface area contributed by atoms with E-state index in [2.05, 4.69) is 0 Å². The molecule has 2 nitrogen and oxygen atoms in total. The Morgan fingerprint density at radius 1 is 1.57 bits per heavy atom. The predicted molar refractivity (Wildman–Crippen MR) is 57.5 cm³/mol. The molecule has 1 aromatic heterocycles. The highest BCUT2D eigenvalue weighted by Gasteiger charge is 2.37. The number of rotatable bonds is 4. The van der Waals surface area contributed by atoms with Gasteiger partial charge >= 0.3 is 0 Å². The van der Waals surface area contributed by atoms with E-state index in [0.717, 1.165) is 5.56 Å². The summed E-state index contributed by atoms with van der Waals surface area (Å²) in [6.07, 6.45) is 1.93. The third-order valence-corrected chi connectivity index (χ3v) is 3.75. The van der Waals surface area contributed by atoms with E-state index in [4.69, 9.17) is 4.74 Å². The first-order valence-electron chi connectivity index (χ1n) is 4.99. The Kier molecular flexibility index (Phi) is 2.91. The SMILES string of the molecule is COC(C1CC1)C(O)c1ccsc1C. The van der Waals surface area contributed by atoms with Crippen molar-refractivity contribution < 1.29 is 9.84 Å². The van der Waals surface area contributed by atoms with Crippen LogP contribution in [-0.2, 0) is 4.74 Å². The lowest BCUT2D eigenvalue weighted by Gasteiger charge is -2.21. The van der Waals surface area contributed by atoms with Crippen molar-refractivity contribution in [2.24, 2.45) is 5.92 Å². The summed E-state index contributed by atoms with van der Waals surface area (Å²) in [6, 6.07) is 2.00. The van der Waals surface area contributed by atoms with Crippen LogP contribution in [0.15, 0.2) is 11.4 Å². The molecular weight excluding hydrogens is 196 g/mol. The molecular formula is C11H16O2S. The molecule has 2 unspecified atom stereocenters. The number of ether oxygens (including phenoxy) is 1. The predicted octanol–water partition coefficient (Wildman–Crippen LogP) is 2.51. The van der Waals surface area contributed by atoms with Crippen molar-refractivity contribution in [1.29, 1.82) is 0 Å². The molecule has 78 valence electrons. The van der Waals surface area contributed by atoms with Gasteiger partial charge in [0.2, 0.25) is 0 Å². The molecule has 0 bridgehead atoms. The van der Waals surface area contributed by atoms with Crippen LogP contribution >= 0.6 is 11.3 Å². The molecule has 1 fully saturated rings. The highest BCUT2D eigenvalue weighted by atomic mass is 32.1. The molecule has 3 heteroatoms. The zero-order chi connectivity index (χ0) is 10.1. The molecule has 1 aliphatic rings. The fraction of sp³-hybridized carbons (Fsp3) is 0.636. The fourth-order valence-corrected chi connectivity index (χ4v) is 2.63. The topological polar surface area (TPSA) is 29.5 Å². The number of methoxy groups -OCH3 is 1. The van der Waals surface area contributed by atoms with Crippen molar-refractivity contribution >= 4 is 11.3 Å². The fourth-order valence-electron chi connectivity index (χ4n) is 1.88. The highest BCUT2D eigenvalue weighted by molar-refractivity contribution is 7.10. The van der Waals surface area contributed by atoms with Crippen molar-refractivity contribution in [3.63, 3.8) is 0 Å². The molecule has 1 N–H and O–H groups in total. The summed E-state index contributed by atoms with van der Waals surface area (Å²) in [5.41, 5.74) is 1.04. The Labute approximate surface area is 88.5 Å². The normalized spacial score (nSPS) is 20.8. The van der Waals surface area contributed by atoms with Crippen molar-refractivity contribution in [1.82, 2.24) is 0 Å². The van der Waals surface area contributed by atoms with E-state index in [1.54, 1.807) is 18.4 Å². The molecule has 2 atom stereocenters. The average molecular weight is 212 g/mol. The minimum absolute atomic E-state index is 0.0108. The van der Waals surface area contributed by atoms with Crippen LogP contribution in [0.3, 0.4) is 0 Å². The first kappa shape index (κ1) is 10.1. The van der Waals surface area contributed by atoms with Gasteiger partial charge in [-0.05, 0) is 42.7 Å². The third-order valence-electron chi connectivity index (χ3n) is 2.89. The van der Waals surface area contributed by atoms with E-state index in [-0.39, 0.29) is 6.10 Å². The van der Waals surface area contributed by atoms with Crippen LogP contribution in [0.4, 0.5) is 0 Å². The molecule has 14 heavy (non-hydrogen) atoms. The van der Waals surface area contributed by atoms with Gasteiger partial charge in [-0.1, -0.05) is 0 Å². The molecule has 0 saturated heterocycles. The molecule has 1 aliphatic carbocycles. The molecule has 1 heterocycles. The average Bonchev–Trinajstić information content (AvgIpc) is 2.90. The van der Waals surface area contributed by atoms with Crippen LogP contribution in [0.2, 0.25) is 0 Å². The van der Waals surface area contributed by atoms with Crippen LogP contribution in [0.1, 0.15) is 29.4 Å². The van der Waals surface area contributed by atoms with Crippen LogP contribution < -0.4 is 0 Å². The minimum Gasteiger partial charge on any atom is -0.386 e. The monoisotopic (exact) mass is 212 g/mol. The van der Waals surface area contributed by atoms with Crippen LogP contribution in [0, 0.1) is 12.8 Å². The molecule has 0 aliphatic heterocycles. The summed E-state index contributed by atoms with van der Waals surface area (Å²) >= 11 is 1.68. The second-order valence-electron chi connectivity index (χ2n) is 3.91. The lowest BCUT2D eigenvalue weighted by atomic mass is 10.0. The first-order valence-corrected chi connectivity index (χ1v) is 5.87. The molecule has 2 rings (SSSR count). The first-order chi connectivity index (χ1) is 6.74. The van der Waals surface area contributed by atoms with Gasteiger partial charge in [0.1, 0.15) is 6.10 Å². The van der Waals surface area contributed by atoms with Gasteiger partial charge in [0.05, 0.1) is 6.10 Å². The van der Waals surface area contributed by atoms with Gasteiger partial charge in [-0.15, -0.1) is 11.3 Å². The summed E-state index contributed by atoms with van der Waals surface area (Å²) < 4.78 is 5.37. The Morgan fingerprint density at radius 3 is 2.71 bits per heavy atom. The third kappa shape index (κ3) is 1.85. The maximum Gasteiger partial charge on any atom is 0.106 e. The number of aryl methyl sites for hydroxylation is 1. The van der Waals surface area contributed by atoms with Gasteiger partial charge in [-0.25, -0.2) is 0 Å². The zero-order valence-electron chi connectivity index (χ0n) is 8.56. The minimum atomic E-state index is -0.446. The molecule has 1 saturated carbocycles. The molecule has 0 spiro atoms. The largest absolute Gasteiger partial charge is 0.386 e. The Balaban J connectivity index is 2.13. The maximum absolute atomic E-state index is 10.1. The number of thiophene rings is 1. The van der Waals surface area contributed by atoms with Gasteiger partial charge in [-0.2, -0.15) is 0 Å². The van der Waals surface area contributed by atoms with E-state index in [0.29, 0.717) is 5.92 Å². The number of hydrogen-bond acceptors (Lipinski definition) is 3. The summed E-state index contributed by atoms with van der Waals surface area (Å²) in [4.78, 5) is 1.19. The van der Waals surface area contributed by atoms with E-state index in [9.17, 15) is 5.11 Å². The lowest BCUT2D eigenvalue weighted by molar-refractivity contribution is -0.0259. The summed E-state index contributed by atoms with van der Waals surface area (Å²) in [5.74, 6) is 0.564. The van der Waals surface area contributed by atoms with Crippen LogP contribution in [0.5, 0.6) is 0 Å². The smallest absolute Gasteiger partial charge is 0.106 e. The van der Waals surface area contributed by atoms with E-state index < -0.39 is 6.10 Å². The second kappa shape index (κ2) is 4.01. The summed E-state index contributed by atoms with van der Waals surface area (Å²) in [5, 5.41) is 12.2. The van der Waals surface area contributed by atoms with Gasteiger partial charge in [0.25, 0.3) is 0 Å². The quantitative estimate of drug-likeness (QED) is 0.831.